The molecule has 0 radical (unpaired) electrons. The SMILES string of the molecule is O=C([N+]1(O)CCC1)[N+]1(O)CCC1. The van der Waals surface area contributed by atoms with Crippen LogP contribution in [-0.2, 0) is 0 Å². The van der Waals surface area contributed by atoms with E-state index >= 15 is 0 Å². The predicted molar refractivity (Wildman–Crippen MR) is 38.2 cm³/mol. The molecule has 5 nitrogen and oxygen atoms in total. The van der Waals surface area contributed by atoms with Gasteiger partial charge < -0.3 is 0 Å². The van der Waals surface area contributed by atoms with Gasteiger partial charge in [0.25, 0.3) is 0 Å². The highest BCUT2D eigenvalue weighted by Crippen LogP contribution is 2.27. The molecule has 0 aromatic carbocycles. The molecule has 0 unspecified atom stereocenters. The number of rotatable bonds is 0. The second-order valence-electron chi connectivity index (χ2n) is 3.73. The summed E-state index contributed by atoms with van der Waals surface area (Å²) in [6.45, 7) is 1.83. The molecule has 12 heavy (non-hydrogen) atoms. The van der Waals surface area contributed by atoms with Crippen LogP contribution in [0.15, 0.2) is 0 Å². The van der Waals surface area contributed by atoms with E-state index in [-0.39, 0.29) is 0 Å². The van der Waals surface area contributed by atoms with Gasteiger partial charge in [0, 0.05) is 0 Å². The van der Waals surface area contributed by atoms with E-state index in [4.69, 9.17) is 0 Å². The molecule has 2 heterocycles. The number of carbonyl (C=O) groups is 1. The molecule has 0 saturated carbocycles. The second kappa shape index (κ2) is 2.26. The summed E-state index contributed by atoms with van der Waals surface area (Å²) in [7, 11) is 0. The highest BCUT2D eigenvalue weighted by atomic mass is 16.6. The fourth-order valence-corrected chi connectivity index (χ4v) is 1.64. The topological polar surface area (TPSA) is 57.5 Å². The van der Waals surface area contributed by atoms with Crippen molar-refractivity contribution >= 4 is 6.03 Å². The molecule has 2 aliphatic heterocycles. The Hall–Kier alpha value is -0.490. The van der Waals surface area contributed by atoms with Gasteiger partial charge in [-0.2, -0.15) is 4.79 Å². The number of hydrogen-bond donors (Lipinski definition) is 2. The lowest BCUT2D eigenvalue weighted by Crippen LogP contribution is -2.72. The fourth-order valence-electron chi connectivity index (χ4n) is 1.64. The first-order chi connectivity index (χ1) is 5.57. The number of hydrogen-bond acceptors (Lipinski definition) is 3. The van der Waals surface area contributed by atoms with Crippen molar-refractivity contribution in [2.75, 3.05) is 26.2 Å². The summed E-state index contributed by atoms with van der Waals surface area (Å²) in [6.07, 6.45) is 1.73. The minimum atomic E-state index is -0.559. The molecule has 0 atom stereocenters. The Kier molecular flexibility index (Phi) is 1.53. The van der Waals surface area contributed by atoms with Crippen LogP contribution >= 0.6 is 0 Å². The number of urea groups is 1. The molecule has 2 saturated heterocycles. The number of likely N-dealkylation sites (tertiary alicyclic amines) is 2. The highest BCUT2D eigenvalue weighted by Gasteiger charge is 2.59. The van der Waals surface area contributed by atoms with Crippen molar-refractivity contribution in [1.29, 1.82) is 0 Å². The minimum Gasteiger partial charge on any atom is -0.204 e. The number of amides is 2. The van der Waals surface area contributed by atoms with E-state index in [1.165, 1.54) is 0 Å². The predicted octanol–water partition coefficient (Wildman–Crippen LogP) is 0.326. The Balaban J connectivity index is 2.08. The Morgan fingerprint density at radius 2 is 1.25 bits per heavy atom. The number of quaternary nitrogens is 2. The molecule has 0 spiro atoms. The van der Waals surface area contributed by atoms with Gasteiger partial charge in [-0.25, -0.2) is 10.4 Å². The average Bonchev–Trinajstić information content (AvgIpc) is 1.94. The molecular formula is C7H14N2O3+2. The van der Waals surface area contributed by atoms with Crippen molar-refractivity contribution < 1.29 is 24.5 Å². The lowest BCUT2D eigenvalue weighted by Gasteiger charge is -2.40. The summed E-state index contributed by atoms with van der Waals surface area (Å²) in [5, 5.41) is 19.2. The summed E-state index contributed by atoms with van der Waals surface area (Å²) in [6, 6.07) is -0.451. The van der Waals surface area contributed by atoms with Gasteiger partial charge in [0.1, 0.15) is 26.2 Å². The summed E-state index contributed by atoms with van der Waals surface area (Å²) in [4.78, 5) is 11.5. The van der Waals surface area contributed by atoms with Crippen molar-refractivity contribution in [3.8, 4) is 0 Å². The van der Waals surface area contributed by atoms with Gasteiger partial charge in [0.15, 0.2) is 0 Å². The maximum Gasteiger partial charge on any atom is 0.579 e. The third-order valence-corrected chi connectivity index (χ3v) is 2.82. The van der Waals surface area contributed by atoms with E-state index in [1.807, 2.05) is 0 Å². The van der Waals surface area contributed by atoms with Crippen LogP contribution < -0.4 is 0 Å². The van der Waals surface area contributed by atoms with Crippen LogP contribution in [0.4, 0.5) is 4.79 Å². The van der Waals surface area contributed by atoms with Crippen molar-refractivity contribution in [2.24, 2.45) is 0 Å². The van der Waals surface area contributed by atoms with Crippen LogP contribution in [0.5, 0.6) is 0 Å². The Bertz CT molecular complexity index is 199. The molecule has 2 rings (SSSR count). The van der Waals surface area contributed by atoms with E-state index < -0.39 is 15.3 Å². The molecule has 2 fully saturated rings. The van der Waals surface area contributed by atoms with Crippen LogP contribution in [0, 0.1) is 0 Å². The highest BCUT2D eigenvalue weighted by molar-refractivity contribution is 5.58. The number of nitrogens with zero attached hydrogens (tertiary/aromatic N) is 2. The van der Waals surface area contributed by atoms with Gasteiger partial charge in [0.05, 0.1) is 12.8 Å². The van der Waals surface area contributed by atoms with Crippen molar-refractivity contribution in [2.45, 2.75) is 12.8 Å². The molecule has 2 amide bonds. The number of hydroxylamine groups is 6. The normalized spacial score (nSPS) is 30.2. The van der Waals surface area contributed by atoms with Gasteiger partial charge in [-0.3, -0.25) is 0 Å². The Morgan fingerprint density at radius 3 is 1.42 bits per heavy atom. The largest absolute Gasteiger partial charge is 0.579 e. The minimum absolute atomic E-state index is 0.451. The molecule has 0 bridgehead atoms. The second-order valence-corrected chi connectivity index (χ2v) is 3.73. The van der Waals surface area contributed by atoms with Gasteiger partial charge >= 0.3 is 6.03 Å². The molecule has 2 N–H and O–H groups in total. The summed E-state index contributed by atoms with van der Waals surface area (Å²) in [5.41, 5.74) is 0. The molecule has 5 heteroatoms. The van der Waals surface area contributed by atoms with E-state index in [0.717, 1.165) is 12.8 Å². The van der Waals surface area contributed by atoms with Crippen molar-refractivity contribution in [3.05, 3.63) is 0 Å². The summed E-state index contributed by atoms with van der Waals surface area (Å²) in [5.74, 6) is 0. The average molecular weight is 174 g/mol. The first-order valence-corrected chi connectivity index (χ1v) is 4.32. The van der Waals surface area contributed by atoms with Crippen LogP contribution in [0.1, 0.15) is 12.8 Å². The van der Waals surface area contributed by atoms with Crippen molar-refractivity contribution in [1.82, 2.24) is 0 Å². The number of carbonyl (C=O) groups excluding carboxylic acids is 1. The summed E-state index contributed by atoms with van der Waals surface area (Å²) >= 11 is 0. The van der Waals surface area contributed by atoms with Gasteiger partial charge in [0.2, 0.25) is 0 Å². The van der Waals surface area contributed by atoms with E-state index in [9.17, 15) is 15.2 Å². The van der Waals surface area contributed by atoms with Gasteiger partial charge in [-0.15, -0.1) is 0 Å². The zero-order valence-electron chi connectivity index (χ0n) is 6.94. The lowest BCUT2D eigenvalue weighted by atomic mass is 10.2. The third kappa shape index (κ3) is 0.910. The van der Waals surface area contributed by atoms with Crippen LogP contribution in [0.3, 0.4) is 0 Å². The zero-order chi connectivity index (χ0) is 8.82. The standard InChI is InChI=1S/C7H14N2O3/c10-7(8(11)3-1-4-8)9(12)5-2-6-9/h11-12H,1-6H2/q+2. The van der Waals surface area contributed by atoms with Gasteiger partial charge in [-0.05, 0) is 0 Å². The van der Waals surface area contributed by atoms with E-state index in [0.29, 0.717) is 26.2 Å². The monoisotopic (exact) mass is 174 g/mol. The molecular weight excluding hydrogens is 160 g/mol. The van der Waals surface area contributed by atoms with Crippen molar-refractivity contribution in [3.63, 3.8) is 0 Å². The van der Waals surface area contributed by atoms with E-state index in [1.54, 1.807) is 0 Å². The van der Waals surface area contributed by atoms with Gasteiger partial charge in [-0.1, -0.05) is 9.29 Å². The smallest absolute Gasteiger partial charge is 0.204 e. The molecule has 2 aliphatic rings. The fraction of sp³-hybridized carbons (Fsp3) is 0.857. The van der Waals surface area contributed by atoms with Crippen LogP contribution in [0.2, 0.25) is 0 Å². The maximum absolute atomic E-state index is 11.5. The Labute approximate surface area is 70.5 Å². The lowest BCUT2D eigenvalue weighted by molar-refractivity contribution is -1.17. The zero-order valence-corrected chi connectivity index (χ0v) is 6.94. The van der Waals surface area contributed by atoms with Crippen LogP contribution in [-0.4, -0.2) is 51.9 Å². The maximum atomic E-state index is 11.5. The molecule has 68 valence electrons. The third-order valence-electron chi connectivity index (χ3n) is 2.82. The first-order valence-electron chi connectivity index (χ1n) is 4.32. The quantitative estimate of drug-likeness (QED) is 0.411. The Morgan fingerprint density at radius 1 is 0.917 bits per heavy atom. The summed E-state index contributed by atoms with van der Waals surface area (Å²) < 4.78 is -1.12. The van der Waals surface area contributed by atoms with E-state index in [2.05, 4.69) is 0 Å². The first kappa shape index (κ1) is 8.12. The van der Waals surface area contributed by atoms with Crippen LogP contribution in [0.25, 0.3) is 0 Å². The molecule has 0 aliphatic carbocycles. The molecule has 0 aromatic heterocycles. The molecule has 0 aromatic rings.